The van der Waals surface area contributed by atoms with Crippen molar-refractivity contribution in [1.82, 2.24) is 14.9 Å². The molecule has 0 unspecified atom stereocenters. The van der Waals surface area contributed by atoms with Gasteiger partial charge >= 0.3 is 0 Å². The van der Waals surface area contributed by atoms with E-state index in [1.807, 2.05) is 0 Å². The maximum Gasteiger partial charge on any atom is 0.262 e. The first kappa shape index (κ1) is 13.5. The fourth-order valence-electron chi connectivity index (χ4n) is 2.68. The second-order valence-corrected chi connectivity index (χ2v) is 5.72. The minimum atomic E-state index is -0.904. The molecule has 1 aliphatic heterocycles. The number of benzene rings is 1. The van der Waals surface area contributed by atoms with E-state index < -0.39 is 5.60 Å². The quantitative estimate of drug-likeness (QED) is 0.872. The summed E-state index contributed by atoms with van der Waals surface area (Å²) in [6.45, 7) is 1.62. The summed E-state index contributed by atoms with van der Waals surface area (Å²) in [6, 6.07) is 5.19. The number of hydrogen-bond acceptors (Lipinski definition) is 4. The summed E-state index contributed by atoms with van der Waals surface area (Å²) in [5, 5.41) is 14.5. The van der Waals surface area contributed by atoms with Gasteiger partial charge in [0, 0.05) is 6.54 Å². The van der Waals surface area contributed by atoms with Crippen LogP contribution in [-0.4, -0.2) is 33.3 Å². The molecule has 0 bridgehead atoms. The number of nitrogens with zero attached hydrogens (tertiary/aromatic N) is 2. The van der Waals surface area contributed by atoms with Crippen LogP contribution in [0.4, 0.5) is 0 Å². The lowest BCUT2D eigenvalue weighted by Gasteiger charge is -2.32. The molecule has 0 radical (unpaired) electrons. The van der Waals surface area contributed by atoms with Gasteiger partial charge in [-0.15, -0.1) is 0 Å². The van der Waals surface area contributed by atoms with E-state index in [0.29, 0.717) is 28.9 Å². The zero-order valence-electron chi connectivity index (χ0n) is 11.0. The molecule has 106 valence electrons. The van der Waals surface area contributed by atoms with Crippen molar-refractivity contribution in [3.8, 4) is 0 Å². The lowest BCUT2D eigenvalue weighted by Crippen LogP contribution is -2.49. The van der Waals surface area contributed by atoms with Crippen LogP contribution >= 0.6 is 11.6 Å². The van der Waals surface area contributed by atoms with Crippen molar-refractivity contribution < 1.29 is 5.11 Å². The summed E-state index contributed by atoms with van der Waals surface area (Å²) >= 11 is 6.08. The van der Waals surface area contributed by atoms with Gasteiger partial charge in [0.1, 0.15) is 0 Å². The molecule has 0 spiro atoms. The molecule has 2 aromatic rings. The van der Waals surface area contributed by atoms with E-state index >= 15 is 0 Å². The normalized spacial score (nSPS) is 23.1. The van der Waals surface area contributed by atoms with Crippen molar-refractivity contribution in [3.05, 3.63) is 39.9 Å². The molecule has 2 heterocycles. The van der Waals surface area contributed by atoms with E-state index in [0.717, 1.165) is 13.0 Å². The van der Waals surface area contributed by atoms with Crippen molar-refractivity contribution in [2.75, 3.05) is 13.1 Å². The summed E-state index contributed by atoms with van der Waals surface area (Å²) in [6.07, 6.45) is 3.05. The maximum atomic E-state index is 12.5. The Labute approximate surface area is 121 Å². The molecule has 1 aliphatic rings. The Morgan fingerprint density at radius 1 is 1.50 bits per heavy atom. The number of hydrogen-bond donors (Lipinski definition) is 2. The van der Waals surface area contributed by atoms with Crippen LogP contribution in [0.5, 0.6) is 0 Å². The fraction of sp³-hybridized carbons (Fsp3) is 0.429. The zero-order valence-corrected chi connectivity index (χ0v) is 11.7. The van der Waals surface area contributed by atoms with Gasteiger partial charge in [0.05, 0.1) is 34.4 Å². The van der Waals surface area contributed by atoms with E-state index in [4.69, 9.17) is 11.6 Å². The average Bonchev–Trinajstić information content (AvgIpc) is 2.43. The van der Waals surface area contributed by atoms with Gasteiger partial charge in [0.25, 0.3) is 5.56 Å². The second kappa shape index (κ2) is 5.16. The summed E-state index contributed by atoms with van der Waals surface area (Å²) < 4.78 is 1.45. The number of aliphatic hydroxyl groups is 1. The van der Waals surface area contributed by atoms with Crippen LogP contribution in [0.1, 0.15) is 12.8 Å². The predicted octanol–water partition coefficient (Wildman–Crippen LogP) is 1.16. The second-order valence-electron chi connectivity index (χ2n) is 5.32. The Balaban J connectivity index is 2.02. The monoisotopic (exact) mass is 293 g/mol. The molecule has 2 N–H and O–H groups in total. The summed E-state index contributed by atoms with van der Waals surface area (Å²) in [4.78, 5) is 16.7. The van der Waals surface area contributed by atoms with Crippen LogP contribution in [-0.2, 0) is 6.54 Å². The predicted molar refractivity (Wildman–Crippen MR) is 78.1 cm³/mol. The minimum Gasteiger partial charge on any atom is -0.387 e. The van der Waals surface area contributed by atoms with Crippen LogP contribution in [0.2, 0.25) is 5.02 Å². The molecule has 5 nitrogen and oxygen atoms in total. The van der Waals surface area contributed by atoms with Gasteiger partial charge in [0.2, 0.25) is 0 Å². The summed E-state index contributed by atoms with van der Waals surface area (Å²) in [7, 11) is 0. The third kappa shape index (κ3) is 2.44. The van der Waals surface area contributed by atoms with Gasteiger partial charge in [-0.3, -0.25) is 9.36 Å². The fourth-order valence-corrected chi connectivity index (χ4v) is 2.93. The molecule has 1 aromatic heterocycles. The van der Waals surface area contributed by atoms with Crippen molar-refractivity contribution in [2.24, 2.45) is 0 Å². The highest BCUT2D eigenvalue weighted by molar-refractivity contribution is 6.35. The minimum absolute atomic E-state index is 0.209. The molecule has 0 saturated carbocycles. The number of rotatable bonds is 2. The van der Waals surface area contributed by atoms with E-state index in [1.165, 1.54) is 10.9 Å². The van der Waals surface area contributed by atoms with Gasteiger partial charge in [0.15, 0.2) is 0 Å². The Morgan fingerprint density at radius 3 is 3.10 bits per heavy atom. The third-order valence-electron chi connectivity index (χ3n) is 3.72. The van der Waals surface area contributed by atoms with Crippen molar-refractivity contribution in [1.29, 1.82) is 0 Å². The highest BCUT2D eigenvalue weighted by Gasteiger charge is 2.30. The van der Waals surface area contributed by atoms with Gasteiger partial charge in [-0.2, -0.15) is 0 Å². The van der Waals surface area contributed by atoms with Gasteiger partial charge in [-0.1, -0.05) is 17.7 Å². The SMILES string of the molecule is O=c1c2c(Cl)cccc2ncn1C[C@]1(O)CCCNC1. The van der Waals surface area contributed by atoms with Crippen LogP contribution < -0.4 is 10.9 Å². The molecule has 0 aliphatic carbocycles. The van der Waals surface area contributed by atoms with Gasteiger partial charge < -0.3 is 10.4 Å². The average molecular weight is 294 g/mol. The van der Waals surface area contributed by atoms with E-state index in [2.05, 4.69) is 10.3 Å². The van der Waals surface area contributed by atoms with Crippen molar-refractivity contribution in [3.63, 3.8) is 0 Å². The van der Waals surface area contributed by atoms with Crippen LogP contribution in [0.3, 0.4) is 0 Å². The first-order valence-corrected chi connectivity index (χ1v) is 7.04. The van der Waals surface area contributed by atoms with Gasteiger partial charge in [-0.05, 0) is 31.5 Å². The van der Waals surface area contributed by atoms with Crippen LogP contribution in [0.25, 0.3) is 10.9 Å². The molecule has 0 amide bonds. The lowest BCUT2D eigenvalue weighted by atomic mass is 9.94. The number of fused-ring (bicyclic) bond motifs is 1. The Hall–Kier alpha value is -1.43. The molecule has 1 atom stereocenters. The van der Waals surface area contributed by atoms with Gasteiger partial charge in [-0.25, -0.2) is 4.98 Å². The summed E-state index contributed by atoms with van der Waals surface area (Å²) in [5.41, 5.74) is -0.536. The lowest BCUT2D eigenvalue weighted by molar-refractivity contribution is -0.000246. The Bertz CT molecular complexity index is 692. The highest BCUT2D eigenvalue weighted by atomic mass is 35.5. The topological polar surface area (TPSA) is 67.2 Å². The zero-order chi connectivity index (χ0) is 14.2. The summed E-state index contributed by atoms with van der Waals surface area (Å²) in [5.74, 6) is 0. The molecular weight excluding hydrogens is 278 g/mol. The number of halogens is 1. The third-order valence-corrected chi connectivity index (χ3v) is 4.03. The molecule has 1 fully saturated rings. The number of piperidine rings is 1. The standard InChI is InChI=1S/C14H16ClN3O2/c15-10-3-1-4-11-12(10)13(19)18(9-17-11)8-14(20)5-2-6-16-7-14/h1,3-4,9,16,20H,2,5-8H2/t14-/m0/s1. The molecular formula is C14H16ClN3O2. The molecule has 6 heteroatoms. The van der Waals surface area contributed by atoms with E-state index in [-0.39, 0.29) is 12.1 Å². The highest BCUT2D eigenvalue weighted by Crippen LogP contribution is 2.20. The Morgan fingerprint density at radius 2 is 2.35 bits per heavy atom. The number of β-amino-alcohol motifs (C(OH)–C–C–N with tert-alkyl or cyclic N) is 1. The first-order valence-electron chi connectivity index (χ1n) is 6.66. The molecule has 1 saturated heterocycles. The van der Waals surface area contributed by atoms with E-state index in [1.54, 1.807) is 18.2 Å². The number of nitrogens with one attached hydrogen (secondary N) is 1. The smallest absolute Gasteiger partial charge is 0.262 e. The first-order chi connectivity index (χ1) is 9.59. The van der Waals surface area contributed by atoms with E-state index in [9.17, 15) is 9.90 Å². The largest absolute Gasteiger partial charge is 0.387 e. The number of aromatic nitrogens is 2. The van der Waals surface area contributed by atoms with Crippen LogP contribution in [0, 0.1) is 0 Å². The Kier molecular flexibility index (Phi) is 3.50. The molecule has 1 aromatic carbocycles. The molecule has 3 rings (SSSR count). The molecule has 20 heavy (non-hydrogen) atoms. The maximum absolute atomic E-state index is 12.5. The van der Waals surface area contributed by atoms with Crippen LogP contribution in [0.15, 0.2) is 29.3 Å². The van der Waals surface area contributed by atoms with Crippen molar-refractivity contribution in [2.45, 2.75) is 25.0 Å². The van der Waals surface area contributed by atoms with Crippen molar-refractivity contribution >= 4 is 22.5 Å².